The van der Waals surface area contributed by atoms with E-state index in [0.717, 1.165) is 38.7 Å². The Balaban J connectivity index is 1.53. The van der Waals surface area contributed by atoms with Crippen LogP contribution in [0.15, 0.2) is 0 Å². The van der Waals surface area contributed by atoms with Gasteiger partial charge in [-0.2, -0.15) is 0 Å². The molecule has 3 rings (SSSR count). The molecule has 0 aromatic carbocycles. The van der Waals surface area contributed by atoms with Crippen molar-refractivity contribution in [1.29, 1.82) is 0 Å². The summed E-state index contributed by atoms with van der Waals surface area (Å²) in [5.41, 5.74) is -0.289. The average molecular weight is 296 g/mol. The van der Waals surface area contributed by atoms with Crippen LogP contribution >= 0.6 is 0 Å². The fourth-order valence-corrected chi connectivity index (χ4v) is 4.09. The highest BCUT2D eigenvalue weighted by molar-refractivity contribution is 5.75. The van der Waals surface area contributed by atoms with Gasteiger partial charge in [-0.05, 0) is 51.9 Å². The second kappa shape index (κ2) is 5.43. The van der Waals surface area contributed by atoms with E-state index < -0.39 is 5.54 Å². The molecule has 0 aliphatic heterocycles. The smallest absolute Gasteiger partial charge is 0.315 e. The Hall–Kier alpha value is -0.810. The molecule has 0 unspecified atom stereocenters. The van der Waals surface area contributed by atoms with Crippen LogP contribution in [0.25, 0.3) is 0 Å². The summed E-state index contributed by atoms with van der Waals surface area (Å²) in [6.07, 6.45) is 6.97. The summed E-state index contributed by atoms with van der Waals surface area (Å²) in [6.45, 7) is 4.72. The molecule has 21 heavy (non-hydrogen) atoms. The molecule has 0 heterocycles. The zero-order valence-electron chi connectivity index (χ0n) is 13.2. The second-order valence-electron chi connectivity index (χ2n) is 7.27. The van der Waals surface area contributed by atoms with Crippen molar-refractivity contribution in [3.63, 3.8) is 0 Å². The van der Waals surface area contributed by atoms with E-state index in [1.54, 1.807) is 0 Å². The molecule has 3 fully saturated rings. The molecule has 120 valence electrons. The van der Waals surface area contributed by atoms with Crippen LogP contribution < -0.4 is 10.6 Å². The first-order chi connectivity index (χ1) is 10.0. The predicted octanol–water partition coefficient (Wildman–Crippen LogP) is 1.79. The van der Waals surface area contributed by atoms with Gasteiger partial charge >= 0.3 is 6.03 Å². The summed E-state index contributed by atoms with van der Waals surface area (Å²) < 4.78 is 5.81. The molecule has 0 saturated heterocycles. The van der Waals surface area contributed by atoms with Crippen molar-refractivity contribution in [2.75, 3.05) is 13.2 Å². The molecule has 0 bridgehead atoms. The van der Waals surface area contributed by atoms with Gasteiger partial charge in [-0.3, -0.25) is 0 Å². The number of hydrogen-bond donors (Lipinski definition) is 3. The molecule has 3 N–H and O–H groups in total. The Morgan fingerprint density at radius 2 is 2.14 bits per heavy atom. The number of rotatable bonds is 6. The molecule has 0 aromatic heterocycles. The molecule has 0 radical (unpaired) electrons. The summed E-state index contributed by atoms with van der Waals surface area (Å²) in [4.78, 5) is 12.3. The Morgan fingerprint density at radius 3 is 2.62 bits per heavy atom. The number of carbonyl (C=O) groups is 1. The van der Waals surface area contributed by atoms with Crippen LogP contribution in [0, 0.1) is 11.3 Å². The Morgan fingerprint density at radius 1 is 1.43 bits per heavy atom. The quantitative estimate of drug-likeness (QED) is 0.700. The number of urea groups is 1. The van der Waals surface area contributed by atoms with E-state index in [2.05, 4.69) is 10.6 Å². The van der Waals surface area contributed by atoms with Crippen LogP contribution in [0.2, 0.25) is 0 Å². The SMILES string of the molecule is CCO[C@@H]1C[C@@H](NC(=O)N[C@](C)(CO)C2CC2)C12CCC2. The first-order valence-electron chi connectivity index (χ1n) is 8.35. The molecular formula is C16H28N2O3. The highest BCUT2D eigenvalue weighted by Gasteiger charge is 2.59. The number of aliphatic hydroxyl groups is 1. The number of aliphatic hydroxyl groups excluding tert-OH is 1. The molecule has 3 aliphatic rings. The molecular weight excluding hydrogens is 268 g/mol. The van der Waals surface area contributed by atoms with Gasteiger partial charge < -0.3 is 20.5 Å². The van der Waals surface area contributed by atoms with Crippen molar-refractivity contribution in [3.05, 3.63) is 0 Å². The van der Waals surface area contributed by atoms with E-state index in [0.29, 0.717) is 12.0 Å². The molecule has 3 saturated carbocycles. The van der Waals surface area contributed by atoms with Gasteiger partial charge in [0, 0.05) is 18.1 Å². The highest BCUT2D eigenvalue weighted by Crippen LogP contribution is 2.57. The lowest BCUT2D eigenvalue weighted by Gasteiger charge is -2.61. The van der Waals surface area contributed by atoms with Crippen LogP contribution in [-0.2, 0) is 4.74 Å². The van der Waals surface area contributed by atoms with Crippen LogP contribution in [-0.4, -0.2) is 42.0 Å². The van der Waals surface area contributed by atoms with Crippen LogP contribution in [0.3, 0.4) is 0 Å². The zero-order valence-corrected chi connectivity index (χ0v) is 13.2. The number of ether oxygens (including phenoxy) is 1. The van der Waals surface area contributed by atoms with Crippen molar-refractivity contribution in [2.24, 2.45) is 11.3 Å². The molecule has 5 heteroatoms. The fourth-order valence-electron chi connectivity index (χ4n) is 4.09. The third kappa shape index (κ3) is 2.55. The number of hydrogen-bond acceptors (Lipinski definition) is 3. The van der Waals surface area contributed by atoms with Gasteiger partial charge in [-0.15, -0.1) is 0 Å². The van der Waals surface area contributed by atoms with E-state index in [-0.39, 0.29) is 24.1 Å². The van der Waals surface area contributed by atoms with E-state index in [4.69, 9.17) is 4.74 Å². The van der Waals surface area contributed by atoms with Gasteiger partial charge in [-0.1, -0.05) is 6.42 Å². The zero-order chi connectivity index (χ0) is 15.1. The van der Waals surface area contributed by atoms with Crippen molar-refractivity contribution in [1.82, 2.24) is 10.6 Å². The lowest BCUT2D eigenvalue weighted by Crippen LogP contribution is -2.69. The minimum absolute atomic E-state index is 0.00245. The third-order valence-corrected chi connectivity index (χ3v) is 5.95. The molecule has 5 nitrogen and oxygen atoms in total. The largest absolute Gasteiger partial charge is 0.394 e. The monoisotopic (exact) mass is 296 g/mol. The molecule has 2 amide bonds. The van der Waals surface area contributed by atoms with Gasteiger partial charge in [-0.25, -0.2) is 4.79 Å². The third-order valence-electron chi connectivity index (χ3n) is 5.95. The van der Waals surface area contributed by atoms with E-state index >= 15 is 0 Å². The lowest BCUT2D eigenvalue weighted by atomic mass is 9.51. The average Bonchev–Trinajstić information content (AvgIpc) is 3.19. The van der Waals surface area contributed by atoms with Crippen LogP contribution in [0.5, 0.6) is 0 Å². The maximum Gasteiger partial charge on any atom is 0.315 e. The first kappa shape index (κ1) is 15.1. The summed E-state index contributed by atoms with van der Waals surface area (Å²) in [7, 11) is 0. The minimum atomic E-state index is -0.472. The van der Waals surface area contributed by atoms with Crippen molar-refractivity contribution < 1.29 is 14.6 Å². The predicted molar refractivity (Wildman–Crippen MR) is 80.0 cm³/mol. The van der Waals surface area contributed by atoms with Crippen molar-refractivity contribution in [3.8, 4) is 0 Å². The van der Waals surface area contributed by atoms with Gasteiger partial charge in [0.15, 0.2) is 0 Å². The second-order valence-corrected chi connectivity index (χ2v) is 7.27. The highest BCUT2D eigenvalue weighted by atomic mass is 16.5. The molecule has 3 atom stereocenters. The maximum atomic E-state index is 12.3. The van der Waals surface area contributed by atoms with Gasteiger partial charge in [0.25, 0.3) is 0 Å². The topological polar surface area (TPSA) is 70.6 Å². The van der Waals surface area contributed by atoms with E-state index in [1.165, 1.54) is 6.42 Å². The minimum Gasteiger partial charge on any atom is -0.394 e. The summed E-state index contributed by atoms with van der Waals surface area (Å²) in [6, 6.07) is 0.0922. The van der Waals surface area contributed by atoms with Crippen LogP contribution in [0.4, 0.5) is 4.79 Å². The van der Waals surface area contributed by atoms with Crippen LogP contribution in [0.1, 0.15) is 52.4 Å². The van der Waals surface area contributed by atoms with Gasteiger partial charge in [0.05, 0.1) is 18.2 Å². The number of carbonyl (C=O) groups excluding carboxylic acids is 1. The standard InChI is InChI=1S/C16H28N2O3/c1-3-21-13-9-12(16(13)7-4-8-16)17-14(20)18-15(2,10-19)11-5-6-11/h11-13,19H,3-10H2,1-2H3,(H2,17,18,20)/t12-,13-,15-/m1/s1. The maximum absolute atomic E-state index is 12.3. The first-order valence-corrected chi connectivity index (χ1v) is 8.35. The Bertz CT molecular complexity index is 406. The Kier molecular flexibility index (Phi) is 3.91. The fraction of sp³-hybridized carbons (Fsp3) is 0.938. The van der Waals surface area contributed by atoms with Gasteiger partial charge in [0.2, 0.25) is 0 Å². The lowest BCUT2D eigenvalue weighted by molar-refractivity contribution is -0.169. The Labute approximate surface area is 126 Å². The number of amides is 2. The molecule has 1 spiro atoms. The number of nitrogens with one attached hydrogen (secondary N) is 2. The molecule has 0 aromatic rings. The van der Waals surface area contributed by atoms with E-state index in [9.17, 15) is 9.90 Å². The van der Waals surface area contributed by atoms with E-state index in [1.807, 2.05) is 13.8 Å². The van der Waals surface area contributed by atoms with Crippen molar-refractivity contribution >= 4 is 6.03 Å². The van der Waals surface area contributed by atoms with Gasteiger partial charge in [0.1, 0.15) is 0 Å². The summed E-state index contributed by atoms with van der Waals surface area (Å²) in [5, 5.41) is 15.7. The van der Waals surface area contributed by atoms with Crippen molar-refractivity contribution in [2.45, 2.75) is 70.1 Å². The summed E-state index contributed by atoms with van der Waals surface area (Å²) >= 11 is 0. The normalized spacial score (nSPS) is 32.7. The summed E-state index contributed by atoms with van der Waals surface area (Å²) in [5.74, 6) is 0.420. The molecule has 3 aliphatic carbocycles.